The Labute approximate surface area is 136 Å². The maximum atomic E-state index is 11.2. The van der Waals surface area contributed by atoms with Gasteiger partial charge in [-0.25, -0.2) is 0 Å². The largest absolute Gasteiger partial charge is 0.507 e. The highest BCUT2D eigenvalue weighted by Crippen LogP contribution is 2.20. The summed E-state index contributed by atoms with van der Waals surface area (Å²) in [5.41, 5.74) is 7.45. The van der Waals surface area contributed by atoms with E-state index in [-0.39, 0.29) is 11.3 Å². The second-order valence-electron chi connectivity index (χ2n) is 6.14. The molecule has 3 N–H and O–H groups in total. The maximum Gasteiger partial charge on any atom is 0.252 e. The van der Waals surface area contributed by atoms with Crippen molar-refractivity contribution >= 4 is 5.91 Å². The van der Waals surface area contributed by atoms with Crippen molar-refractivity contribution in [2.75, 3.05) is 6.54 Å². The quantitative estimate of drug-likeness (QED) is 0.823. The molecule has 0 radical (unpaired) electrons. The number of nitrogens with zero attached hydrogens (tertiary/aromatic N) is 2. The molecule has 0 bridgehead atoms. The number of rotatable bonds is 7. The summed E-state index contributed by atoms with van der Waals surface area (Å²) in [5.74, 6) is -0.172. The topological polar surface area (TPSA) is 79.5 Å². The van der Waals surface area contributed by atoms with Crippen molar-refractivity contribution in [3.05, 3.63) is 59.4 Å². The first-order valence-corrected chi connectivity index (χ1v) is 7.68. The number of carbonyl (C=O) groups excluding carboxylic acids is 1. The first kappa shape index (κ1) is 17.0. The van der Waals surface area contributed by atoms with Crippen LogP contribution in [0.15, 0.2) is 42.7 Å². The SMILES string of the molecule is CC(C)CN(Cc1cccnc1)Cc1ccc(C(N)=O)c(O)c1. The molecule has 0 saturated heterocycles. The van der Waals surface area contributed by atoms with E-state index in [2.05, 4.69) is 23.7 Å². The van der Waals surface area contributed by atoms with Crippen LogP contribution in [-0.4, -0.2) is 27.4 Å². The van der Waals surface area contributed by atoms with Crippen LogP contribution >= 0.6 is 0 Å². The van der Waals surface area contributed by atoms with Gasteiger partial charge in [0.05, 0.1) is 5.56 Å². The van der Waals surface area contributed by atoms with Crippen LogP contribution in [0.4, 0.5) is 0 Å². The molecule has 23 heavy (non-hydrogen) atoms. The molecule has 0 aliphatic carbocycles. The summed E-state index contributed by atoms with van der Waals surface area (Å²) in [5, 5.41) is 9.92. The van der Waals surface area contributed by atoms with Crippen LogP contribution in [0.3, 0.4) is 0 Å². The number of nitrogens with two attached hydrogens (primary N) is 1. The second-order valence-corrected chi connectivity index (χ2v) is 6.14. The van der Waals surface area contributed by atoms with E-state index in [1.165, 1.54) is 0 Å². The highest BCUT2D eigenvalue weighted by atomic mass is 16.3. The third-order valence-electron chi connectivity index (χ3n) is 3.49. The molecule has 2 aromatic rings. The molecule has 2 rings (SSSR count). The number of carbonyl (C=O) groups is 1. The molecule has 1 aromatic heterocycles. The Balaban J connectivity index is 2.14. The van der Waals surface area contributed by atoms with Gasteiger partial charge < -0.3 is 10.8 Å². The van der Waals surface area contributed by atoms with Gasteiger partial charge in [-0.1, -0.05) is 26.0 Å². The summed E-state index contributed by atoms with van der Waals surface area (Å²) in [6.45, 7) is 6.73. The lowest BCUT2D eigenvalue weighted by molar-refractivity contribution is 0.0997. The van der Waals surface area contributed by atoms with Crippen LogP contribution < -0.4 is 5.73 Å². The number of hydrogen-bond acceptors (Lipinski definition) is 4. The van der Waals surface area contributed by atoms with Gasteiger partial charge in [-0.05, 0) is 35.2 Å². The summed E-state index contributed by atoms with van der Waals surface area (Å²) >= 11 is 0. The van der Waals surface area contributed by atoms with E-state index in [9.17, 15) is 9.90 Å². The van der Waals surface area contributed by atoms with Crippen LogP contribution in [0, 0.1) is 5.92 Å². The van der Waals surface area contributed by atoms with Crippen molar-refractivity contribution in [1.29, 1.82) is 0 Å². The normalized spacial score (nSPS) is 11.1. The van der Waals surface area contributed by atoms with E-state index in [4.69, 9.17) is 5.73 Å². The van der Waals surface area contributed by atoms with Gasteiger partial charge in [-0.2, -0.15) is 0 Å². The van der Waals surface area contributed by atoms with E-state index < -0.39 is 5.91 Å². The third kappa shape index (κ3) is 5.07. The molecule has 1 amide bonds. The Morgan fingerprint density at radius 2 is 2.00 bits per heavy atom. The van der Waals surface area contributed by atoms with Crippen molar-refractivity contribution in [3.63, 3.8) is 0 Å². The zero-order chi connectivity index (χ0) is 16.8. The maximum absolute atomic E-state index is 11.2. The van der Waals surface area contributed by atoms with E-state index >= 15 is 0 Å². The van der Waals surface area contributed by atoms with Crippen molar-refractivity contribution < 1.29 is 9.90 Å². The van der Waals surface area contributed by atoms with Gasteiger partial charge in [-0.3, -0.25) is 14.7 Å². The van der Waals surface area contributed by atoms with Gasteiger partial charge in [0.1, 0.15) is 5.75 Å². The highest BCUT2D eigenvalue weighted by molar-refractivity contribution is 5.95. The van der Waals surface area contributed by atoms with Gasteiger partial charge in [0.15, 0.2) is 0 Å². The van der Waals surface area contributed by atoms with Gasteiger partial charge in [0.2, 0.25) is 0 Å². The minimum Gasteiger partial charge on any atom is -0.507 e. The third-order valence-corrected chi connectivity index (χ3v) is 3.49. The monoisotopic (exact) mass is 313 g/mol. The van der Waals surface area contributed by atoms with E-state index in [1.54, 1.807) is 18.3 Å². The average Bonchev–Trinajstić information content (AvgIpc) is 2.47. The minimum absolute atomic E-state index is 0.0686. The Morgan fingerprint density at radius 1 is 1.26 bits per heavy atom. The van der Waals surface area contributed by atoms with Gasteiger partial charge in [0, 0.05) is 32.0 Å². The van der Waals surface area contributed by atoms with Gasteiger partial charge in [0.25, 0.3) is 5.91 Å². The van der Waals surface area contributed by atoms with Crippen LogP contribution in [0.25, 0.3) is 0 Å². The number of amides is 1. The van der Waals surface area contributed by atoms with Crippen molar-refractivity contribution in [3.8, 4) is 5.75 Å². The van der Waals surface area contributed by atoms with E-state index in [0.717, 1.165) is 24.2 Å². The van der Waals surface area contributed by atoms with Crippen LogP contribution in [0.2, 0.25) is 0 Å². The number of aromatic nitrogens is 1. The summed E-state index contributed by atoms with van der Waals surface area (Å²) in [4.78, 5) is 17.6. The lowest BCUT2D eigenvalue weighted by atomic mass is 10.1. The predicted molar refractivity (Wildman–Crippen MR) is 89.8 cm³/mol. The minimum atomic E-state index is -0.622. The Hall–Kier alpha value is -2.40. The van der Waals surface area contributed by atoms with E-state index in [0.29, 0.717) is 12.5 Å². The summed E-state index contributed by atoms with van der Waals surface area (Å²) in [7, 11) is 0. The average molecular weight is 313 g/mol. The number of hydrogen-bond donors (Lipinski definition) is 2. The smallest absolute Gasteiger partial charge is 0.252 e. The highest BCUT2D eigenvalue weighted by Gasteiger charge is 2.12. The molecule has 1 heterocycles. The Morgan fingerprint density at radius 3 is 2.57 bits per heavy atom. The lowest BCUT2D eigenvalue weighted by Gasteiger charge is -2.24. The molecule has 5 nitrogen and oxygen atoms in total. The van der Waals surface area contributed by atoms with Crippen molar-refractivity contribution in [2.24, 2.45) is 11.7 Å². The fraction of sp³-hybridized carbons (Fsp3) is 0.333. The molecule has 0 fully saturated rings. The molecule has 122 valence electrons. The van der Waals surface area contributed by atoms with E-state index in [1.807, 2.05) is 24.4 Å². The number of phenols is 1. The molecule has 5 heteroatoms. The second kappa shape index (κ2) is 7.74. The molecule has 0 aliphatic heterocycles. The lowest BCUT2D eigenvalue weighted by Crippen LogP contribution is -2.27. The Kier molecular flexibility index (Phi) is 5.71. The molecule has 0 saturated carbocycles. The Bertz CT molecular complexity index is 657. The molecule has 0 aliphatic rings. The fourth-order valence-electron chi connectivity index (χ4n) is 2.59. The van der Waals surface area contributed by atoms with Crippen molar-refractivity contribution in [1.82, 2.24) is 9.88 Å². The standard InChI is InChI=1S/C18H23N3O2/c1-13(2)10-21(12-15-4-3-7-20-9-15)11-14-5-6-16(18(19)23)17(22)8-14/h3-9,13,22H,10-12H2,1-2H3,(H2,19,23). The number of benzene rings is 1. The van der Waals surface area contributed by atoms with Crippen molar-refractivity contribution in [2.45, 2.75) is 26.9 Å². The van der Waals surface area contributed by atoms with Gasteiger partial charge in [-0.15, -0.1) is 0 Å². The van der Waals surface area contributed by atoms with Crippen LogP contribution in [0.5, 0.6) is 5.75 Å². The van der Waals surface area contributed by atoms with Gasteiger partial charge >= 0.3 is 0 Å². The molecule has 0 unspecified atom stereocenters. The van der Waals surface area contributed by atoms with Crippen LogP contribution in [-0.2, 0) is 13.1 Å². The zero-order valence-electron chi connectivity index (χ0n) is 13.6. The fourth-order valence-corrected chi connectivity index (χ4v) is 2.59. The molecule has 0 spiro atoms. The van der Waals surface area contributed by atoms with Crippen LogP contribution in [0.1, 0.15) is 35.3 Å². The first-order valence-electron chi connectivity index (χ1n) is 7.68. The predicted octanol–water partition coefficient (Wildman–Crippen LogP) is 2.54. The summed E-state index contributed by atoms with van der Waals surface area (Å²) in [6.07, 6.45) is 3.62. The molecular formula is C18H23N3O2. The first-order chi connectivity index (χ1) is 11.0. The molecule has 0 atom stereocenters. The zero-order valence-corrected chi connectivity index (χ0v) is 13.6. The molecular weight excluding hydrogens is 290 g/mol. The number of aromatic hydroxyl groups is 1. The summed E-state index contributed by atoms with van der Waals surface area (Å²) < 4.78 is 0. The molecule has 1 aromatic carbocycles. The number of pyridine rings is 1. The summed E-state index contributed by atoms with van der Waals surface area (Å²) in [6, 6.07) is 8.99. The number of primary amides is 1.